The van der Waals surface area contributed by atoms with E-state index in [2.05, 4.69) is 10.3 Å². The number of aromatic nitrogens is 1. The molecule has 3 rings (SSSR count). The number of amides is 1. The number of Topliss-reactive ketones (excluding diaryl/α,β-unsaturated/α-hetero) is 1. The normalized spacial score (nSPS) is 16.9. The van der Waals surface area contributed by atoms with E-state index >= 15 is 0 Å². The van der Waals surface area contributed by atoms with Gasteiger partial charge in [-0.3, -0.25) is 19.5 Å². The molecule has 0 unspecified atom stereocenters. The lowest BCUT2D eigenvalue weighted by Crippen LogP contribution is -2.55. The van der Waals surface area contributed by atoms with Gasteiger partial charge in [0.25, 0.3) is 0 Å². The van der Waals surface area contributed by atoms with Crippen molar-refractivity contribution in [2.45, 2.75) is 17.9 Å². The van der Waals surface area contributed by atoms with Gasteiger partial charge in [-0.25, -0.2) is 8.42 Å². The summed E-state index contributed by atoms with van der Waals surface area (Å²) in [7, 11) is -3.58. The van der Waals surface area contributed by atoms with Crippen molar-refractivity contribution in [2.75, 3.05) is 32.7 Å². The van der Waals surface area contributed by atoms with Crippen LogP contribution in [0.1, 0.15) is 17.3 Å². The van der Waals surface area contributed by atoms with Gasteiger partial charge in [0, 0.05) is 44.1 Å². The number of carbonyl (C=O) groups excluding carboxylic acids is 2. The smallest absolute Gasteiger partial charge is 0.244 e. The molecule has 1 fully saturated rings. The number of carbonyl (C=O) groups is 2. The molecular weight excluding hydrogens is 392 g/mol. The summed E-state index contributed by atoms with van der Waals surface area (Å²) in [6.45, 7) is 3.13. The van der Waals surface area contributed by atoms with E-state index in [9.17, 15) is 18.0 Å². The summed E-state index contributed by atoms with van der Waals surface area (Å²) in [5.41, 5.74) is 0.551. The zero-order valence-electron chi connectivity index (χ0n) is 16.2. The van der Waals surface area contributed by atoms with Gasteiger partial charge in [0.2, 0.25) is 15.9 Å². The molecule has 29 heavy (non-hydrogen) atoms. The van der Waals surface area contributed by atoms with Gasteiger partial charge in [0.15, 0.2) is 5.78 Å². The lowest BCUT2D eigenvalue weighted by Gasteiger charge is -2.36. The number of pyridine rings is 1. The zero-order chi connectivity index (χ0) is 20.9. The molecule has 0 radical (unpaired) electrons. The van der Waals surface area contributed by atoms with E-state index in [1.54, 1.807) is 37.3 Å². The number of ketones is 1. The van der Waals surface area contributed by atoms with Gasteiger partial charge in [-0.1, -0.05) is 30.3 Å². The molecule has 0 bridgehead atoms. The van der Waals surface area contributed by atoms with Crippen LogP contribution in [0.15, 0.2) is 59.8 Å². The number of hydrogen-bond donors (Lipinski definition) is 1. The van der Waals surface area contributed by atoms with Crippen molar-refractivity contribution in [3.05, 3.63) is 60.4 Å². The third-order valence-electron chi connectivity index (χ3n) is 4.99. The molecule has 8 nitrogen and oxygen atoms in total. The Morgan fingerprint density at radius 3 is 2.38 bits per heavy atom. The van der Waals surface area contributed by atoms with Crippen molar-refractivity contribution in [1.29, 1.82) is 0 Å². The van der Waals surface area contributed by atoms with Crippen LogP contribution in [0, 0.1) is 0 Å². The molecule has 1 saturated heterocycles. The van der Waals surface area contributed by atoms with Crippen molar-refractivity contribution < 1.29 is 18.0 Å². The highest BCUT2D eigenvalue weighted by Gasteiger charge is 2.31. The first-order valence-corrected chi connectivity index (χ1v) is 10.8. The first-order chi connectivity index (χ1) is 13.9. The second kappa shape index (κ2) is 9.25. The lowest BCUT2D eigenvalue weighted by molar-refractivity contribution is -0.126. The second-order valence-electron chi connectivity index (χ2n) is 6.81. The maximum atomic E-state index is 12.7. The molecule has 1 aromatic heterocycles. The minimum Gasteiger partial charge on any atom is -0.347 e. The molecule has 0 aliphatic carbocycles. The molecule has 1 aliphatic rings. The summed E-state index contributed by atoms with van der Waals surface area (Å²) < 4.78 is 26.7. The summed E-state index contributed by atoms with van der Waals surface area (Å²) in [5, 5.41) is 2.68. The van der Waals surface area contributed by atoms with Crippen molar-refractivity contribution >= 4 is 21.7 Å². The van der Waals surface area contributed by atoms with Gasteiger partial charge in [-0.2, -0.15) is 4.31 Å². The summed E-state index contributed by atoms with van der Waals surface area (Å²) in [6.07, 6.45) is 2.86. The highest BCUT2D eigenvalue weighted by molar-refractivity contribution is 7.89. The second-order valence-corrected chi connectivity index (χ2v) is 8.75. The Balaban J connectivity index is 1.51. The topological polar surface area (TPSA) is 99.7 Å². The number of sulfonamides is 1. The van der Waals surface area contributed by atoms with Gasteiger partial charge >= 0.3 is 0 Å². The van der Waals surface area contributed by atoms with Crippen LogP contribution in [0.4, 0.5) is 0 Å². The molecule has 1 aromatic carbocycles. The fourth-order valence-electron chi connectivity index (χ4n) is 3.19. The van der Waals surface area contributed by atoms with Gasteiger partial charge < -0.3 is 5.32 Å². The van der Waals surface area contributed by atoms with E-state index in [1.807, 2.05) is 11.0 Å². The third-order valence-corrected chi connectivity index (χ3v) is 6.87. The molecule has 1 atom stereocenters. The maximum absolute atomic E-state index is 12.7. The van der Waals surface area contributed by atoms with Gasteiger partial charge in [0.1, 0.15) is 4.90 Å². The van der Waals surface area contributed by atoms with Crippen LogP contribution in [0.3, 0.4) is 0 Å². The molecule has 1 aliphatic heterocycles. The largest absolute Gasteiger partial charge is 0.347 e. The third kappa shape index (κ3) is 5.06. The minimum absolute atomic E-state index is 0.0669. The summed E-state index contributed by atoms with van der Waals surface area (Å²) in [4.78, 5) is 30.5. The molecule has 154 valence electrons. The Labute approximate surface area is 170 Å². The Morgan fingerprint density at radius 1 is 1.07 bits per heavy atom. The quantitative estimate of drug-likeness (QED) is 0.670. The van der Waals surface area contributed by atoms with Crippen LogP contribution in [-0.4, -0.2) is 73.1 Å². The Bertz CT molecular complexity index is 943. The van der Waals surface area contributed by atoms with Gasteiger partial charge in [-0.15, -0.1) is 0 Å². The van der Waals surface area contributed by atoms with Crippen molar-refractivity contribution in [2.24, 2.45) is 0 Å². The van der Waals surface area contributed by atoms with Gasteiger partial charge in [-0.05, 0) is 19.1 Å². The summed E-state index contributed by atoms with van der Waals surface area (Å²) in [6, 6.07) is 11.4. The van der Waals surface area contributed by atoms with Crippen molar-refractivity contribution in [3.63, 3.8) is 0 Å². The number of piperazine rings is 1. The maximum Gasteiger partial charge on any atom is 0.244 e. The minimum atomic E-state index is -3.58. The van der Waals surface area contributed by atoms with Crippen molar-refractivity contribution in [1.82, 2.24) is 19.5 Å². The number of hydrogen-bond acceptors (Lipinski definition) is 6. The van der Waals surface area contributed by atoms with Crippen LogP contribution in [0.25, 0.3) is 0 Å². The Kier molecular flexibility index (Phi) is 6.73. The average molecular weight is 417 g/mol. The van der Waals surface area contributed by atoms with Gasteiger partial charge in [0.05, 0.1) is 12.6 Å². The average Bonchev–Trinajstić information content (AvgIpc) is 2.78. The lowest BCUT2D eigenvalue weighted by atomic mass is 10.1. The van der Waals surface area contributed by atoms with Crippen molar-refractivity contribution in [3.8, 4) is 0 Å². The predicted molar refractivity (Wildman–Crippen MR) is 108 cm³/mol. The summed E-state index contributed by atoms with van der Waals surface area (Å²) in [5.74, 6) is -0.406. The monoisotopic (exact) mass is 416 g/mol. The molecule has 9 heteroatoms. The first-order valence-electron chi connectivity index (χ1n) is 9.40. The highest BCUT2D eigenvalue weighted by Crippen LogP contribution is 2.17. The first kappa shape index (κ1) is 21.1. The van der Waals surface area contributed by atoms with Crippen LogP contribution in [0.2, 0.25) is 0 Å². The van der Waals surface area contributed by atoms with Crippen LogP contribution in [-0.2, 0) is 14.8 Å². The number of rotatable bonds is 7. The molecule has 0 spiro atoms. The molecular formula is C20H24N4O4S. The van der Waals surface area contributed by atoms with E-state index in [0.717, 1.165) is 0 Å². The standard InChI is InChI=1S/C20H24N4O4S/c1-16(20(26)22-15-19(25)17-6-3-2-4-7-17)23-10-12-24(13-11-23)29(27,28)18-8-5-9-21-14-18/h2-9,14,16H,10-13,15H2,1H3,(H,22,26)/t16-/m0/s1. The van der Waals surface area contributed by atoms with E-state index in [1.165, 1.54) is 22.8 Å². The Morgan fingerprint density at radius 2 is 1.76 bits per heavy atom. The molecule has 1 N–H and O–H groups in total. The molecule has 2 heterocycles. The van der Waals surface area contributed by atoms with Crippen LogP contribution >= 0.6 is 0 Å². The highest BCUT2D eigenvalue weighted by atomic mass is 32.2. The fourth-order valence-corrected chi connectivity index (χ4v) is 4.57. The fraction of sp³-hybridized carbons (Fsp3) is 0.350. The van der Waals surface area contributed by atoms with Crippen LogP contribution in [0.5, 0.6) is 0 Å². The van der Waals surface area contributed by atoms with E-state index in [-0.39, 0.29) is 36.2 Å². The van der Waals surface area contributed by atoms with E-state index in [4.69, 9.17) is 0 Å². The predicted octanol–water partition coefficient (Wildman–Crippen LogP) is 0.775. The number of nitrogens with one attached hydrogen (secondary N) is 1. The van der Waals surface area contributed by atoms with E-state index in [0.29, 0.717) is 18.7 Å². The van der Waals surface area contributed by atoms with E-state index < -0.39 is 16.1 Å². The molecule has 1 amide bonds. The zero-order valence-corrected chi connectivity index (χ0v) is 17.0. The Hall–Kier alpha value is -2.62. The molecule has 0 saturated carbocycles. The van der Waals surface area contributed by atoms with Crippen LogP contribution < -0.4 is 5.32 Å². The summed E-state index contributed by atoms with van der Waals surface area (Å²) >= 11 is 0. The number of benzene rings is 1. The molecule has 2 aromatic rings. The number of nitrogens with zero attached hydrogens (tertiary/aromatic N) is 3. The SMILES string of the molecule is C[C@@H](C(=O)NCC(=O)c1ccccc1)N1CCN(S(=O)(=O)c2cccnc2)CC1.